The van der Waals surface area contributed by atoms with Gasteiger partial charge in [0.25, 0.3) is 0 Å². The third-order valence-electron chi connectivity index (χ3n) is 4.13. The van der Waals surface area contributed by atoms with Crippen molar-refractivity contribution in [2.24, 2.45) is 0 Å². The molecule has 0 bridgehead atoms. The number of ether oxygens (including phenoxy) is 1. The molecule has 0 aliphatic rings. The zero-order valence-corrected chi connectivity index (χ0v) is 17.5. The van der Waals surface area contributed by atoms with Crippen LogP contribution in [0.4, 0.5) is 5.13 Å². The molecule has 148 valence electrons. The first-order chi connectivity index (χ1) is 13.2. The molecule has 0 radical (unpaired) electrons. The lowest BCUT2D eigenvalue weighted by Crippen LogP contribution is -2.25. The van der Waals surface area contributed by atoms with Crippen LogP contribution < -0.4 is 5.32 Å². The highest BCUT2D eigenvalue weighted by Crippen LogP contribution is 2.27. The standard InChI is InChI=1S/C20H24N4O3S/c1-6-27-17(26)16-12(2)21-19(28-16)23-15(25)11-24-14-10-8-7-9-13(14)22-18(24)20(3,4)5/h7-10H,6,11H2,1-5H3,(H,21,23,25). The smallest absolute Gasteiger partial charge is 0.350 e. The number of anilines is 1. The van der Waals surface area contributed by atoms with Crippen LogP contribution in [0.2, 0.25) is 0 Å². The number of thiazole rings is 1. The summed E-state index contributed by atoms with van der Waals surface area (Å²) in [6.45, 7) is 10.1. The van der Waals surface area contributed by atoms with Crippen molar-refractivity contribution in [2.75, 3.05) is 11.9 Å². The molecule has 3 rings (SSSR count). The van der Waals surface area contributed by atoms with E-state index < -0.39 is 5.97 Å². The number of carbonyl (C=O) groups excluding carboxylic acids is 2. The molecule has 8 heteroatoms. The minimum atomic E-state index is -0.423. The molecule has 2 heterocycles. The summed E-state index contributed by atoms with van der Waals surface area (Å²) in [6, 6.07) is 7.76. The average molecular weight is 401 g/mol. The zero-order valence-electron chi connectivity index (χ0n) is 16.7. The molecule has 1 amide bonds. The van der Waals surface area contributed by atoms with Crippen LogP contribution in [0.5, 0.6) is 0 Å². The fourth-order valence-corrected chi connectivity index (χ4v) is 3.82. The number of fused-ring (bicyclic) bond motifs is 1. The van der Waals surface area contributed by atoms with Gasteiger partial charge >= 0.3 is 5.97 Å². The molecule has 0 saturated heterocycles. The van der Waals surface area contributed by atoms with Gasteiger partial charge in [-0.2, -0.15) is 0 Å². The zero-order chi connectivity index (χ0) is 20.5. The number of para-hydroxylation sites is 2. The molecule has 0 aliphatic carbocycles. The lowest BCUT2D eigenvalue weighted by atomic mass is 9.95. The number of aromatic nitrogens is 3. The van der Waals surface area contributed by atoms with E-state index in [1.165, 1.54) is 0 Å². The number of rotatable bonds is 5. The number of esters is 1. The normalized spacial score (nSPS) is 11.6. The summed E-state index contributed by atoms with van der Waals surface area (Å²) >= 11 is 1.12. The van der Waals surface area contributed by atoms with Crippen LogP contribution in [-0.4, -0.2) is 33.0 Å². The van der Waals surface area contributed by atoms with Crippen LogP contribution >= 0.6 is 11.3 Å². The molecular weight excluding hydrogens is 376 g/mol. The summed E-state index contributed by atoms with van der Waals surface area (Å²) in [5, 5.41) is 3.18. The summed E-state index contributed by atoms with van der Waals surface area (Å²) in [4.78, 5) is 34.1. The number of nitrogens with one attached hydrogen (secondary N) is 1. The molecule has 0 fully saturated rings. The molecule has 7 nitrogen and oxygen atoms in total. The van der Waals surface area contributed by atoms with Crippen LogP contribution in [0.3, 0.4) is 0 Å². The highest BCUT2D eigenvalue weighted by atomic mass is 32.1. The van der Waals surface area contributed by atoms with Crippen molar-refractivity contribution >= 4 is 39.4 Å². The van der Waals surface area contributed by atoms with Gasteiger partial charge in [0, 0.05) is 5.41 Å². The number of amides is 1. The number of benzene rings is 1. The van der Waals surface area contributed by atoms with E-state index in [2.05, 4.69) is 31.1 Å². The quantitative estimate of drug-likeness (QED) is 0.656. The minimum Gasteiger partial charge on any atom is -0.462 e. The second-order valence-corrected chi connectivity index (χ2v) is 8.46. The molecule has 0 spiro atoms. The van der Waals surface area contributed by atoms with E-state index in [9.17, 15) is 9.59 Å². The Balaban J connectivity index is 1.84. The molecule has 0 saturated carbocycles. The lowest BCUT2D eigenvalue weighted by molar-refractivity contribution is -0.116. The predicted octanol–water partition coefficient (Wildman–Crippen LogP) is 3.91. The highest BCUT2D eigenvalue weighted by Gasteiger charge is 2.24. The summed E-state index contributed by atoms with van der Waals surface area (Å²) in [7, 11) is 0. The third kappa shape index (κ3) is 4.06. The Bertz CT molecular complexity index is 1030. The average Bonchev–Trinajstić information content (AvgIpc) is 3.16. The van der Waals surface area contributed by atoms with E-state index in [-0.39, 0.29) is 17.9 Å². The fourth-order valence-electron chi connectivity index (χ4n) is 2.95. The maximum absolute atomic E-state index is 12.7. The Morgan fingerprint density at radius 3 is 2.61 bits per heavy atom. The second-order valence-electron chi connectivity index (χ2n) is 7.46. The van der Waals surface area contributed by atoms with Gasteiger partial charge in [0.1, 0.15) is 17.2 Å². The van der Waals surface area contributed by atoms with Crippen molar-refractivity contribution in [3.8, 4) is 0 Å². The summed E-state index contributed by atoms with van der Waals surface area (Å²) in [6.07, 6.45) is 0. The van der Waals surface area contributed by atoms with E-state index in [4.69, 9.17) is 9.72 Å². The molecule has 1 aromatic carbocycles. The first-order valence-corrected chi connectivity index (χ1v) is 9.92. The lowest BCUT2D eigenvalue weighted by Gasteiger charge is -2.19. The number of imidazole rings is 1. The number of nitrogens with zero attached hydrogens (tertiary/aromatic N) is 3. The van der Waals surface area contributed by atoms with E-state index in [1.807, 2.05) is 28.8 Å². The number of aryl methyl sites for hydroxylation is 1. The summed E-state index contributed by atoms with van der Waals surface area (Å²) < 4.78 is 6.95. The van der Waals surface area contributed by atoms with Crippen LogP contribution in [0.1, 0.15) is 48.9 Å². The van der Waals surface area contributed by atoms with Gasteiger partial charge in [-0.1, -0.05) is 44.2 Å². The number of hydrogen-bond acceptors (Lipinski definition) is 6. The minimum absolute atomic E-state index is 0.112. The molecule has 1 N–H and O–H groups in total. The highest BCUT2D eigenvalue weighted by molar-refractivity contribution is 7.17. The van der Waals surface area contributed by atoms with E-state index in [0.29, 0.717) is 22.3 Å². The Labute approximate surface area is 167 Å². The number of carbonyl (C=O) groups is 2. The van der Waals surface area contributed by atoms with Crippen LogP contribution in [0, 0.1) is 6.92 Å². The van der Waals surface area contributed by atoms with Gasteiger partial charge in [-0.25, -0.2) is 14.8 Å². The van der Waals surface area contributed by atoms with E-state index in [0.717, 1.165) is 28.2 Å². The van der Waals surface area contributed by atoms with Crippen molar-refractivity contribution in [3.63, 3.8) is 0 Å². The van der Waals surface area contributed by atoms with Gasteiger partial charge in [-0.15, -0.1) is 0 Å². The van der Waals surface area contributed by atoms with Gasteiger partial charge in [0.2, 0.25) is 5.91 Å². The van der Waals surface area contributed by atoms with Gasteiger partial charge in [-0.05, 0) is 26.0 Å². The Morgan fingerprint density at radius 2 is 1.93 bits per heavy atom. The van der Waals surface area contributed by atoms with Crippen LogP contribution in [0.25, 0.3) is 11.0 Å². The topological polar surface area (TPSA) is 86.1 Å². The Kier molecular flexibility index (Phi) is 5.51. The summed E-state index contributed by atoms with van der Waals surface area (Å²) in [5.74, 6) is 0.192. The van der Waals surface area contributed by atoms with Gasteiger partial charge in [0.05, 0.1) is 23.3 Å². The maximum Gasteiger partial charge on any atom is 0.350 e. The van der Waals surface area contributed by atoms with Crippen molar-refractivity contribution in [3.05, 3.63) is 40.7 Å². The van der Waals surface area contributed by atoms with E-state index in [1.54, 1.807) is 13.8 Å². The maximum atomic E-state index is 12.7. The Hall–Kier alpha value is -2.74. The van der Waals surface area contributed by atoms with Gasteiger partial charge in [0.15, 0.2) is 5.13 Å². The molecule has 28 heavy (non-hydrogen) atoms. The second kappa shape index (κ2) is 7.71. The summed E-state index contributed by atoms with van der Waals surface area (Å²) in [5.41, 5.74) is 2.09. The van der Waals surface area contributed by atoms with Crippen molar-refractivity contribution in [1.29, 1.82) is 0 Å². The molecule has 0 aliphatic heterocycles. The van der Waals surface area contributed by atoms with Crippen molar-refractivity contribution in [1.82, 2.24) is 14.5 Å². The van der Waals surface area contributed by atoms with Gasteiger partial charge < -0.3 is 14.6 Å². The fraction of sp³-hybridized carbons (Fsp3) is 0.400. The third-order valence-corrected chi connectivity index (χ3v) is 5.18. The molecular formula is C20H24N4O3S. The van der Waals surface area contributed by atoms with Crippen molar-refractivity contribution < 1.29 is 14.3 Å². The molecule has 0 atom stereocenters. The molecule has 0 unspecified atom stereocenters. The molecule has 2 aromatic heterocycles. The number of hydrogen-bond donors (Lipinski definition) is 1. The Morgan fingerprint density at radius 1 is 1.21 bits per heavy atom. The largest absolute Gasteiger partial charge is 0.462 e. The van der Waals surface area contributed by atoms with E-state index >= 15 is 0 Å². The van der Waals surface area contributed by atoms with Gasteiger partial charge in [-0.3, -0.25) is 4.79 Å². The first-order valence-electron chi connectivity index (χ1n) is 9.11. The SMILES string of the molecule is CCOC(=O)c1sc(NC(=O)Cn2c(C(C)(C)C)nc3ccccc32)nc1C. The van der Waals surface area contributed by atoms with Crippen LogP contribution in [-0.2, 0) is 21.5 Å². The monoisotopic (exact) mass is 400 g/mol. The first kappa shape index (κ1) is 20.0. The molecule has 3 aromatic rings. The predicted molar refractivity (Wildman–Crippen MR) is 110 cm³/mol. The van der Waals surface area contributed by atoms with Crippen LogP contribution in [0.15, 0.2) is 24.3 Å². The van der Waals surface area contributed by atoms with Crippen molar-refractivity contribution in [2.45, 2.75) is 46.6 Å².